The number of carbonyl (C=O) groups excluding carboxylic acids is 1. The molecule has 2 rings (SSSR count). The Labute approximate surface area is 183 Å². The third-order valence-corrected chi connectivity index (χ3v) is 6.02. The number of anilines is 1. The van der Waals surface area contributed by atoms with E-state index in [0.717, 1.165) is 56.7 Å². The fourth-order valence-corrected chi connectivity index (χ4v) is 3.94. The molecule has 1 fully saturated rings. The monoisotopic (exact) mass is 418 g/mol. The average Bonchev–Trinajstić information content (AvgIpc) is 2.76. The van der Waals surface area contributed by atoms with Crippen LogP contribution in [0.4, 0.5) is 5.69 Å². The second-order valence-corrected chi connectivity index (χ2v) is 8.74. The van der Waals surface area contributed by atoms with Gasteiger partial charge in [-0.25, -0.2) is 0 Å². The summed E-state index contributed by atoms with van der Waals surface area (Å²) in [7, 11) is 0. The van der Waals surface area contributed by atoms with Crippen LogP contribution in [0.3, 0.4) is 0 Å². The Balaban J connectivity index is 1.78. The number of rotatable bonds is 13. The van der Waals surface area contributed by atoms with Gasteiger partial charge in [-0.05, 0) is 76.8 Å². The van der Waals surface area contributed by atoms with Crippen LogP contribution in [0.15, 0.2) is 24.3 Å². The molecule has 1 aliphatic rings. The summed E-state index contributed by atoms with van der Waals surface area (Å²) in [5, 5.41) is 3.02. The number of likely N-dealkylation sites (tertiary alicyclic amines) is 1. The molecule has 0 spiro atoms. The molecule has 170 valence electrons. The number of piperidine rings is 1. The van der Waals surface area contributed by atoms with Gasteiger partial charge in [0.2, 0.25) is 0 Å². The van der Waals surface area contributed by atoms with Crippen LogP contribution in [0.1, 0.15) is 79.1 Å². The van der Waals surface area contributed by atoms with Gasteiger partial charge in [-0.1, -0.05) is 33.1 Å². The van der Waals surface area contributed by atoms with E-state index in [1.165, 1.54) is 25.8 Å². The molecule has 1 aliphatic heterocycles. The molecule has 1 heterocycles. The van der Waals surface area contributed by atoms with Crippen LogP contribution in [0, 0.1) is 0 Å². The lowest BCUT2D eigenvalue weighted by Gasteiger charge is -2.33. The lowest BCUT2D eigenvalue weighted by atomic mass is 9.97. The first-order chi connectivity index (χ1) is 14.5. The standard InChI is InChI=1S/C25H42N2O3/c1-5-7-16-25(4,30-19-6-2)24(28)26-22-12-14-23(15-13-22)29-20-10-18-27-17-9-8-11-21(27)3/h12-15,21H,5-11,16-20H2,1-4H3,(H,26,28)/t21-,25-/m0/s1. The Bertz CT molecular complexity index is 609. The molecule has 0 unspecified atom stereocenters. The molecule has 0 saturated carbocycles. The normalized spacial score (nSPS) is 19.3. The molecular formula is C25H42N2O3. The zero-order valence-electron chi connectivity index (χ0n) is 19.5. The predicted octanol–water partition coefficient (Wildman–Crippen LogP) is 5.64. The van der Waals surface area contributed by atoms with Crippen molar-refractivity contribution in [3.8, 4) is 5.75 Å². The molecule has 30 heavy (non-hydrogen) atoms. The quantitative estimate of drug-likeness (QED) is 0.421. The van der Waals surface area contributed by atoms with Gasteiger partial charge >= 0.3 is 0 Å². The van der Waals surface area contributed by atoms with Crippen LogP contribution in [0.2, 0.25) is 0 Å². The van der Waals surface area contributed by atoms with E-state index in [1.54, 1.807) is 0 Å². The first kappa shape index (κ1) is 24.7. The van der Waals surface area contributed by atoms with E-state index in [0.29, 0.717) is 12.6 Å². The summed E-state index contributed by atoms with van der Waals surface area (Å²) in [5.41, 5.74) is -0.00965. The van der Waals surface area contributed by atoms with Crippen LogP contribution in [0.5, 0.6) is 5.75 Å². The Hall–Kier alpha value is -1.59. The van der Waals surface area contributed by atoms with Crippen molar-refractivity contribution in [2.75, 3.05) is 31.6 Å². The van der Waals surface area contributed by atoms with E-state index < -0.39 is 5.60 Å². The first-order valence-electron chi connectivity index (χ1n) is 11.9. The second-order valence-electron chi connectivity index (χ2n) is 8.74. The minimum absolute atomic E-state index is 0.0753. The summed E-state index contributed by atoms with van der Waals surface area (Å²) in [5.74, 6) is 0.768. The van der Waals surface area contributed by atoms with Crippen molar-refractivity contribution in [3.63, 3.8) is 0 Å². The van der Waals surface area contributed by atoms with Gasteiger partial charge in [0, 0.05) is 24.9 Å². The highest BCUT2D eigenvalue weighted by Crippen LogP contribution is 2.23. The highest BCUT2D eigenvalue weighted by Gasteiger charge is 2.33. The molecule has 0 bridgehead atoms. The molecule has 0 radical (unpaired) electrons. The van der Waals surface area contributed by atoms with E-state index in [1.807, 2.05) is 31.2 Å². The zero-order valence-corrected chi connectivity index (χ0v) is 19.5. The van der Waals surface area contributed by atoms with Gasteiger partial charge in [0.15, 0.2) is 0 Å². The van der Waals surface area contributed by atoms with Gasteiger partial charge in [0.05, 0.1) is 6.61 Å². The molecule has 1 aromatic carbocycles. The van der Waals surface area contributed by atoms with Crippen LogP contribution < -0.4 is 10.1 Å². The average molecular weight is 419 g/mol. The number of nitrogens with zero attached hydrogens (tertiary/aromatic N) is 1. The van der Waals surface area contributed by atoms with Crippen LogP contribution >= 0.6 is 0 Å². The maximum absolute atomic E-state index is 12.8. The van der Waals surface area contributed by atoms with Crippen molar-refractivity contribution >= 4 is 11.6 Å². The summed E-state index contributed by atoms with van der Waals surface area (Å²) < 4.78 is 11.8. The molecule has 0 aliphatic carbocycles. The zero-order chi connectivity index (χ0) is 21.8. The summed E-state index contributed by atoms with van der Waals surface area (Å²) in [6.07, 6.45) is 8.67. The van der Waals surface area contributed by atoms with E-state index in [-0.39, 0.29) is 5.91 Å². The van der Waals surface area contributed by atoms with Crippen molar-refractivity contribution in [2.45, 2.75) is 90.7 Å². The van der Waals surface area contributed by atoms with Crippen molar-refractivity contribution < 1.29 is 14.3 Å². The second kappa shape index (κ2) is 13.0. The molecule has 5 nitrogen and oxygen atoms in total. The number of benzene rings is 1. The van der Waals surface area contributed by atoms with Crippen LogP contribution in [0.25, 0.3) is 0 Å². The number of amides is 1. The number of hydrogen-bond acceptors (Lipinski definition) is 4. The van der Waals surface area contributed by atoms with Gasteiger partial charge in [-0.3, -0.25) is 4.79 Å². The van der Waals surface area contributed by atoms with E-state index in [2.05, 4.69) is 31.0 Å². The Morgan fingerprint density at radius 3 is 2.57 bits per heavy atom. The number of ether oxygens (including phenoxy) is 2. The van der Waals surface area contributed by atoms with Gasteiger partial charge in [0.25, 0.3) is 5.91 Å². The molecule has 1 amide bonds. The highest BCUT2D eigenvalue weighted by atomic mass is 16.5. The SMILES string of the molecule is CCCC[C@](C)(OCCC)C(=O)Nc1ccc(OCCCN2CCCC[C@@H]2C)cc1. The van der Waals surface area contributed by atoms with Crippen molar-refractivity contribution in [1.29, 1.82) is 0 Å². The van der Waals surface area contributed by atoms with E-state index >= 15 is 0 Å². The molecule has 2 atom stereocenters. The number of hydrogen-bond donors (Lipinski definition) is 1. The number of nitrogens with one attached hydrogen (secondary N) is 1. The lowest BCUT2D eigenvalue weighted by molar-refractivity contribution is -0.140. The van der Waals surface area contributed by atoms with Gasteiger partial charge < -0.3 is 19.7 Å². The predicted molar refractivity (Wildman–Crippen MR) is 124 cm³/mol. The van der Waals surface area contributed by atoms with Crippen molar-refractivity contribution in [1.82, 2.24) is 4.90 Å². The summed E-state index contributed by atoms with van der Waals surface area (Å²) >= 11 is 0. The molecule has 1 N–H and O–H groups in total. The minimum Gasteiger partial charge on any atom is -0.494 e. The van der Waals surface area contributed by atoms with Crippen molar-refractivity contribution in [2.24, 2.45) is 0 Å². The summed E-state index contributed by atoms with van der Waals surface area (Å²) in [6.45, 7) is 12.0. The van der Waals surface area contributed by atoms with Crippen LogP contribution in [-0.2, 0) is 9.53 Å². The molecule has 0 aromatic heterocycles. The van der Waals surface area contributed by atoms with Crippen LogP contribution in [-0.4, -0.2) is 48.8 Å². The number of carbonyl (C=O) groups is 1. The summed E-state index contributed by atoms with van der Waals surface area (Å²) in [6, 6.07) is 8.36. The third-order valence-electron chi connectivity index (χ3n) is 6.02. The topological polar surface area (TPSA) is 50.8 Å². The van der Waals surface area contributed by atoms with E-state index in [4.69, 9.17) is 9.47 Å². The summed E-state index contributed by atoms with van der Waals surface area (Å²) in [4.78, 5) is 15.4. The highest BCUT2D eigenvalue weighted by molar-refractivity contribution is 5.97. The van der Waals surface area contributed by atoms with Gasteiger partial charge in [0.1, 0.15) is 11.4 Å². The smallest absolute Gasteiger partial charge is 0.256 e. The van der Waals surface area contributed by atoms with Gasteiger partial charge in [-0.15, -0.1) is 0 Å². The van der Waals surface area contributed by atoms with E-state index in [9.17, 15) is 4.79 Å². The Morgan fingerprint density at radius 2 is 1.90 bits per heavy atom. The third kappa shape index (κ3) is 7.92. The number of unbranched alkanes of at least 4 members (excludes halogenated alkanes) is 1. The van der Waals surface area contributed by atoms with Crippen molar-refractivity contribution in [3.05, 3.63) is 24.3 Å². The fraction of sp³-hybridized carbons (Fsp3) is 0.720. The Morgan fingerprint density at radius 1 is 1.13 bits per heavy atom. The Kier molecular flexibility index (Phi) is 10.7. The molecular weight excluding hydrogens is 376 g/mol. The lowest BCUT2D eigenvalue weighted by Crippen LogP contribution is -2.43. The molecule has 5 heteroatoms. The fourth-order valence-electron chi connectivity index (χ4n) is 3.94. The maximum Gasteiger partial charge on any atom is 0.256 e. The largest absolute Gasteiger partial charge is 0.494 e. The van der Waals surface area contributed by atoms with Gasteiger partial charge in [-0.2, -0.15) is 0 Å². The first-order valence-corrected chi connectivity index (χ1v) is 11.9. The molecule has 1 aromatic rings. The molecule has 1 saturated heterocycles. The maximum atomic E-state index is 12.8. The minimum atomic E-state index is -0.785.